The average molecular weight is 390 g/mol. The van der Waals surface area contributed by atoms with E-state index in [-0.39, 0.29) is 0 Å². The molecule has 2 aliphatic heterocycles. The van der Waals surface area contributed by atoms with Gasteiger partial charge < -0.3 is 19.3 Å². The lowest BCUT2D eigenvalue weighted by Crippen LogP contribution is -2.57. The molecule has 0 radical (unpaired) electrons. The maximum absolute atomic E-state index is 12.6. The summed E-state index contributed by atoms with van der Waals surface area (Å²) in [5.41, 5.74) is -5.70. The minimum Gasteiger partial charge on any atom is -0.455 e. The summed E-state index contributed by atoms with van der Waals surface area (Å²) in [6.45, 7) is -0.648. The number of rotatable bonds is 3. The van der Waals surface area contributed by atoms with E-state index >= 15 is 0 Å². The maximum Gasteiger partial charge on any atom is 0.523 e. The molecule has 2 heterocycles. The van der Waals surface area contributed by atoms with E-state index in [4.69, 9.17) is 14.2 Å². The number of aliphatic hydroxyl groups is 1. The van der Waals surface area contributed by atoms with Crippen LogP contribution in [-0.2, 0) is 33.3 Å². The Labute approximate surface area is 141 Å². The molecule has 2 saturated heterocycles. The average Bonchev–Trinajstić information content (AvgIpc) is 2.88. The summed E-state index contributed by atoms with van der Waals surface area (Å²) in [5.74, 6) is -2.50. The van der Waals surface area contributed by atoms with Crippen LogP contribution in [0.1, 0.15) is 32.1 Å². The molecule has 1 spiro atoms. The lowest BCUT2D eigenvalue weighted by Gasteiger charge is -2.34. The van der Waals surface area contributed by atoms with Gasteiger partial charge in [0.05, 0.1) is 6.61 Å². The zero-order valence-electron chi connectivity index (χ0n) is 12.9. The number of hydrogen-bond donors (Lipinski definition) is 1. The van der Waals surface area contributed by atoms with Crippen LogP contribution >= 0.6 is 0 Å². The van der Waals surface area contributed by atoms with Crippen LogP contribution in [0.4, 0.5) is 13.2 Å². The Balaban J connectivity index is 1.87. The molecule has 0 aromatic carbocycles. The number of halogens is 3. The Morgan fingerprint density at radius 3 is 2.32 bits per heavy atom. The molecule has 1 saturated carbocycles. The summed E-state index contributed by atoms with van der Waals surface area (Å²) < 4.78 is 80.6. The van der Waals surface area contributed by atoms with Crippen molar-refractivity contribution in [3.05, 3.63) is 0 Å². The first-order chi connectivity index (χ1) is 11.6. The van der Waals surface area contributed by atoms with Crippen molar-refractivity contribution in [2.45, 2.75) is 67.8 Å². The van der Waals surface area contributed by atoms with Crippen LogP contribution in [0.15, 0.2) is 0 Å². The summed E-state index contributed by atoms with van der Waals surface area (Å²) in [4.78, 5) is 12.0. The van der Waals surface area contributed by atoms with Crippen molar-refractivity contribution < 1.29 is 49.9 Å². The Kier molecular flexibility index (Phi) is 4.77. The number of cyclic esters (lactones) is 1. The SMILES string of the molecule is O=C1O[C@H](CO)[C@H]2OC3(CCCCC3)O[C@H]2[C@@H]1OS(=O)(=O)C(F)(F)F. The molecule has 1 aliphatic carbocycles. The van der Waals surface area contributed by atoms with Gasteiger partial charge in [-0.1, -0.05) is 6.42 Å². The third-order valence-electron chi connectivity index (χ3n) is 4.50. The van der Waals surface area contributed by atoms with Gasteiger partial charge in [0.25, 0.3) is 0 Å². The van der Waals surface area contributed by atoms with E-state index in [0.29, 0.717) is 12.8 Å². The number of hydrogen-bond acceptors (Lipinski definition) is 8. The number of ether oxygens (including phenoxy) is 3. The van der Waals surface area contributed by atoms with E-state index in [1.54, 1.807) is 0 Å². The van der Waals surface area contributed by atoms with Gasteiger partial charge in [-0.2, -0.15) is 21.6 Å². The molecule has 0 amide bonds. The number of carbonyl (C=O) groups excluding carboxylic acids is 1. The largest absolute Gasteiger partial charge is 0.523 e. The van der Waals surface area contributed by atoms with E-state index in [9.17, 15) is 31.5 Å². The molecule has 8 nitrogen and oxygen atoms in total. The van der Waals surface area contributed by atoms with Crippen molar-refractivity contribution in [2.75, 3.05) is 6.61 Å². The summed E-state index contributed by atoms with van der Waals surface area (Å²) in [6, 6.07) is 0. The fourth-order valence-corrected chi connectivity index (χ4v) is 3.92. The van der Waals surface area contributed by atoms with Crippen molar-refractivity contribution >= 4 is 16.1 Å². The highest BCUT2D eigenvalue weighted by atomic mass is 32.2. The molecule has 144 valence electrons. The molecule has 3 aliphatic rings. The van der Waals surface area contributed by atoms with Gasteiger partial charge in [0.2, 0.25) is 6.10 Å². The van der Waals surface area contributed by atoms with E-state index in [1.165, 1.54) is 0 Å². The van der Waals surface area contributed by atoms with Crippen LogP contribution in [0.3, 0.4) is 0 Å². The predicted octanol–water partition coefficient (Wildman–Crippen LogP) is 0.583. The molecule has 0 aromatic heterocycles. The van der Waals surface area contributed by atoms with Gasteiger partial charge in [0.15, 0.2) is 11.9 Å². The number of esters is 1. The molecule has 1 N–H and O–H groups in total. The first-order valence-electron chi connectivity index (χ1n) is 7.75. The quantitative estimate of drug-likeness (QED) is 0.424. The van der Waals surface area contributed by atoms with Crippen LogP contribution in [0, 0.1) is 0 Å². The van der Waals surface area contributed by atoms with Crippen LogP contribution in [0.2, 0.25) is 0 Å². The van der Waals surface area contributed by atoms with E-state index in [0.717, 1.165) is 19.3 Å². The Morgan fingerprint density at radius 1 is 1.16 bits per heavy atom. The third-order valence-corrected chi connectivity index (χ3v) is 5.53. The molecule has 0 unspecified atom stereocenters. The van der Waals surface area contributed by atoms with Crippen LogP contribution in [0.5, 0.6) is 0 Å². The highest BCUT2D eigenvalue weighted by Crippen LogP contribution is 2.45. The molecule has 3 fully saturated rings. The van der Waals surface area contributed by atoms with Crippen molar-refractivity contribution in [2.24, 2.45) is 0 Å². The van der Waals surface area contributed by atoms with E-state index in [2.05, 4.69) is 4.18 Å². The highest BCUT2D eigenvalue weighted by Gasteiger charge is 2.61. The van der Waals surface area contributed by atoms with Gasteiger partial charge in [-0.3, -0.25) is 0 Å². The first kappa shape index (κ1) is 18.8. The predicted molar refractivity (Wildman–Crippen MR) is 72.4 cm³/mol. The van der Waals surface area contributed by atoms with Gasteiger partial charge in [0, 0.05) is 12.8 Å². The summed E-state index contributed by atoms with van der Waals surface area (Å²) in [6.07, 6.45) is -2.59. The van der Waals surface area contributed by atoms with Crippen molar-refractivity contribution in [3.8, 4) is 0 Å². The molecule has 25 heavy (non-hydrogen) atoms. The minimum atomic E-state index is -6.03. The summed E-state index contributed by atoms with van der Waals surface area (Å²) in [5, 5.41) is 9.34. The van der Waals surface area contributed by atoms with Gasteiger partial charge in [-0.25, -0.2) is 8.98 Å². The topological polar surface area (TPSA) is 108 Å². The minimum absolute atomic E-state index is 0.436. The highest BCUT2D eigenvalue weighted by molar-refractivity contribution is 7.87. The standard InChI is InChI=1S/C13H17F3O8S/c14-13(15,16)25(19,20)24-10-9-8(7(6-17)21-11(10)18)22-12(23-9)4-2-1-3-5-12/h7-10,17H,1-6H2/t7-,8-,9-,10+/m1/s1. The number of fused-ring (bicyclic) bond motifs is 1. The second-order valence-corrected chi connectivity index (χ2v) is 7.77. The van der Waals surface area contributed by atoms with Crippen molar-refractivity contribution in [1.82, 2.24) is 0 Å². The lowest BCUT2D eigenvalue weighted by atomic mass is 9.94. The molecule has 0 aromatic rings. The van der Waals surface area contributed by atoms with Crippen LogP contribution in [0.25, 0.3) is 0 Å². The molecule has 12 heteroatoms. The van der Waals surface area contributed by atoms with E-state index < -0.39 is 58.4 Å². The Morgan fingerprint density at radius 2 is 1.76 bits per heavy atom. The van der Waals surface area contributed by atoms with Crippen molar-refractivity contribution in [3.63, 3.8) is 0 Å². The second-order valence-electron chi connectivity index (χ2n) is 6.21. The smallest absolute Gasteiger partial charge is 0.455 e. The van der Waals surface area contributed by atoms with E-state index in [1.807, 2.05) is 0 Å². The lowest BCUT2D eigenvalue weighted by molar-refractivity contribution is -0.200. The molecular formula is C13H17F3O8S. The summed E-state index contributed by atoms with van der Waals surface area (Å²) >= 11 is 0. The normalized spacial score (nSPS) is 35.4. The fraction of sp³-hybridized carbons (Fsp3) is 0.923. The number of carbonyl (C=O) groups is 1. The molecule has 3 rings (SSSR count). The fourth-order valence-electron chi connectivity index (χ4n) is 3.35. The monoisotopic (exact) mass is 390 g/mol. The zero-order valence-corrected chi connectivity index (χ0v) is 13.7. The third kappa shape index (κ3) is 3.37. The van der Waals surface area contributed by atoms with Crippen LogP contribution in [-0.4, -0.2) is 61.8 Å². The molecule has 0 bridgehead atoms. The van der Waals surface area contributed by atoms with Gasteiger partial charge in [-0.15, -0.1) is 0 Å². The maximum atomic E-state index is 12.6. The Bertz CT molecular complexity index is 628. The van der Waals surface area contributed by atoms with Crippen molar-refractivity contribution in [1.29, 1.82) is 0 Å². The first-order valence-corrected chi connectivity index (χ1v) is 9.16. The Hall–Kier alpha value is -0.950. The van der Waals surface area contributed by atoms with Crippen LogP contribution < -0.4 is 0 Å². The number of alkyl halides is 3. The van der Waals surface area contributed by atoms with Gasteiger partial charge in [-0.05, 0) is 12.8 Å². The number of aliphatic hydroxyl groups excluding tert-OH is 1. The van der Waals surface area contributed by atoms with Gasteiger partial charge >= 0.3 is 21.6 Å². The molecule has 4 atom stereocenters. The van der Waals surface area contributed by atoms with Gasteiger partial charge in [0.1, 0.15) is 12.2 Å². The zero-order chi connectivity index (χ0) is 18.5. The second kappa shape index (κ2) is 6.34. The summed E-state index contributed by atoms with van der Waals surface area (Å²) in [7, 11) is -6.03. The molecular weight excluding hydrogens is 373 g/mol.